The molecule has 20 heavy (non-hydrogen) atoms. The first kappa shape index (κ1) is 13.2. The average Bonchev–Trinajstić information content (AvgIpc) is 3.03. The summed E-state index contributed by atoms with van der Waals surface area (Å²) in [6.45, 7) is 4.29. The first-order chi connectivity index (χ1) is 9.58. The van der Waals surface area contributed by atoms with Crippen LogP contribution >= 0.6 is 0 Å². The van der Waals surface area contributed by atoms with E-state index >= 15 is 0 Å². The molecule has 4 heteroatoms. The highest BCUT2D eigenvalue weighted by molar-refractivity contribution is 5.92. The molecule has 1 fully saturated rings. The minimum Gasteiger partial charge on any atom is -0.478 e. The van der Waals surface area contributed by atoms with E-state index < -0.39 is 5.97 Å². The minimum absolute atomic E-state index is 0.340. The van der Waals surface area contributed by atoms with E-state index in [-0.39, 0.29) is 0 Å². The van der Waals surface area contributed by atoms with Gasteiger partial charge in [-0.15, -0.1) is 0 Å². The van der Waals surface area contributed by atoms with Crippen LogP contribution in [0.15, 0.2) is 18.2 Å². The fraction of sp³-hybridized carbons (Fsp3) is 0.500. The normalized spacial score (nSPS) is 16.4. The summed E-state index contributed by atoms with van der Waals surface area (Å²) < 4.78 is 2.29. The summed E-state index contributed by atoms with van der Waals surface area (Å²) in [5.41, 5.74) is 2.22. The molecule has 0 spiro atoms. The lowest BCUT2D eigenvalue weighted by Crippen LogP contribution is -2.10. The SMILES string of the molecule is CC(C)c1nc2ccc(C(=O)O)cc2n1C1CCCC1. The minimum atomic E-state index is -0.878. The molecule has 1 heterocycles. The summed E-state index contributed by atoms with van der Waals surface area (Å²) in [6.07, 6.45) is 4.84. The lowest BCUT2D eigenvalue weighted by molar-refractivity contribution is 0.0697. The summed E-state index contributed by atoms with van der Waals surface area (Å²) in [4.78, 5) is 15.9. The Balaban J connectivity index is 2.22. The number of nitrogens with zero attached hydrogens (tertiary/aromatic N) is 2. The second-order valence-electron chi connectivity index (χ2n) is 5.94. The van der Waals surface area contributed by atoms with Gasteiger partial charge in [0, 0.05) is 12.0 Å². The van der Waals surface area contributed by atoms with Crippen LogP contribution in [0, 0.1) is 0 Å². The second-order valence-corrected chi connectivity index (χ2v) is 5.94. The maximum atomic E-state index is 11.2. The molecule has 0 aliphatic heterocycles. The first-order valence-electron chi connectivity index (χ1n) is 7.33. The van der Waals surface area contributed by atoms with Crippen molar-refractivity contribution in [3.8, 4) is 0 Å². The molecule has 1 aromatic carbocycles. The van der Waals surface area contributed by atoms with E-state index in [2.05, 4.69) is 18.4 Å². The molecule has 0 saturated heterocycles. The lowest BCUT2D eigenvalue weighted by atomic mass is 10.1. The number of hydrogen-bond acceptors (Lipinski definition) is 2. The van der Waals surface area contributed by atoms with Crippen LogP contribution in [0.5, 0.6) is 0 Å². The third kappa shape index (κ3) is 2.09. The van der Waals surface area contributed by atoms with Crippen LogP contribution in [-0.4, -0.2) is 20.6 Å². The van der Waals surface area contributed by atoms with Crippen molar-refractivity contribution in [3.63, 3.8) is 0 Å². The van der Waals surface area contributed by atoms with E-state index in [9.17, 15) is 9.90 Å². The van der Waals surface area contributed by atoms with Crippen molar-refractivity contribution in [3.05, 3.63) is 29.6 Å². The van der Waals surface area contributed by atoms with Crippen LogP contribution in [0.2, 0.25) is 0 Å². The molecule has 1 aliphatic carbocycles. The summed E-state index contributed by atoms with van der Waals surface area (Å²) in [6, 6.07) is 5.72. The topological polar surface area (TPSA) is 55.1 Å². The Morgan fingerprint density at radius 3 is 2.65 bits per heavy atom. The molecule has 4 nitrogen and oxygen atoms in total. The van der Waals surface area contributed by atoms with Gasteiger partial charge in [0.05, 0.1) is 16.6 Å². The Morgan fingerprint density at radius 1 is 1.35 bits per heavy atom. The van der Waals surface area contributed by atoms with E-state index in [1.54, 1.807) is 12.1 Å². The Bertz CT molecular complexity index is 652. The number of carboxylic acid groups (broad SMARTS) is 1. The molecular weight excluding hydrogens is 252 g/mol. The second kappa shape index (κ2) is 4.93. The third-order valence-corrected chi connectivity index (χ3v) is 4.17. The van der Waals surface area contributed by atoms with Crippen molar-refractivity contribution >= 4 is 17.0 Å². The van der Waals surface area contributed by atoms with E-state index in [1.165, 1.54) is 25.7 Å². The molecule has 0 amide bonds. The molecular formula is C16H20N2O2. The number of benzene rings is 1. The number of hydrogen-bond donors (Lipinski definition) is 1. The molecule has 2 aromatic rings. The van der Waals surface area contributed by atoms with Gasteiger partial charge >= 0.3 is 5.97 Å². The van der Waals surface area contributed by atoms with Crippen LogP contribution in [-0.2, 0) is 0 Å². The summed E-state index contributed by atoms with van der Waals surface area (Å²) >= 11 is 0. The molecule has 0 unspecified atom stereocenters. The standard InChI is InChI=1S/C16H20N2O2/c1-10(2)15-17-13-8-7-11(16(19)20)9-14(13)18(15)12-5-3-4-6-12/h7-10,12H,3-6H2,1-2H3,(H,19,20). The molecule has 0 bridgehead atoms. The van der Waals surface area contributed by atoms with Gasteiger partial charge in [-0.1, -0.05) is 26.7 Å². The fourth-order valence-corrected chi connectivity index (χ4v) is 3.20. The zero-order valence-corrected chi connectivity index (χ0v) is 12.0. The van der Waals surface area contributed by atoms with Gasteiger partial charge in [-0.25, -0.2) is 9.78 Å². The maximum Gasteiger partial charge on any atom is 0.335 e. The van der Waals surface area contributed by atoms with Crippen LogP contribution in [0.25, 0.3) is 11.0 Å². The molecule has 1 N–H and O–H groups in total. The quantitative estimate of drug-likeness (QED) is 0.919. The summed E-state index contributed by atoms with van der Waals surface area (Å²) in [5, 5.41) is 9.19. The number of imidazole rings is 1. The molecule has 0 atom stereocenters. The molecule has 3 rings (SSSR count). The average molecular weight is 272 g/mol. The number of rotatable bonds is 3. The number of carbonyl (C=O) groups is 1. The van der Waals surface area contributed by atoms with Crippen molar-refractivity contribution in [2.75, 3.05) is 0 Å². The van der Waals surface area contributed by atoms with Gasteiger partial charge in [0.15, 0.2) is 0 Å². The molecule has 1 aliphatic rings. The number of fused-ring (bicyclic) bond motifs is 1. The Kier molecular flexibility index (Phi) is 3.24. The first-order valence-corrected chi connectivity index (χ1v) is 7.33. The predicted octanol–water partition coefficient (Wildman–Crippen LogP) is 3.97. The van der Waals surface area contributed by atoms with Crippen molar-refractivity contribution in [2.24, 2.45) is 0 Å². The molecule has 1 saturated carbocycles. The van der Waals surface area contributed by atoms with Crippen molar-refractivity contribution < 1.29 is 9.90 Å². The zero-order valence-electron chi connectivity index (χ0n) is 12.0. The Labute approximate surface area is 118 Å². The van der Waals surface area contributed by atoms with E-state index in [0.717, 1.165) is 16.9 Å². The number of aromatic nitrogens is 2. The van der Waals surface area contributed by atoms with Crippen LogP contribution in [0.4, 0.5) is 0 Å². The van der Waals surface area contributed by atoms with Crippen molar-refractivity contribution in [1.82, 2.24) is 9.55 Å². The molecule has 1 aromatic heterocycles. The van der Waals surface area contributed by atoms with Crippen LogP contribution in [0.3, 0.4) is 0 Å². The fourth-order valence-electron chi connectivity index (χ4n) is 3.20. The predicted molar refractivity (Wildman–Crippen MR) is 78.3 cm³/mol. The smallest absolute Gasteiger partial charge is 0.335 e. The van der Waals surface area contributed by atoms with Crippen LogP contribution < -0.4 is 0 Å². The molecule has 0 radical (unpaired) electrons. The number of aromatic carboxylic acids is 1. The highest BCUT2D eigenvalue weighted by Crippen LogP contribution is 2.35. The summed E-state index contributed by atoms with van der Waals surface area (Å²) in [7, 11) is 0. The maximum absolute atomic E-state index is 11.2. The van der Waals surface area contributed by atoms with Gasteiger partial charge in [-0.2, -0.15) is 0 Å². The monoisotopic (exact) mass is 272 g/mol. The van der Waals surface area contributed by atoms with Gasteiger partial charge in [0.25, 0.3) is 0 Å². The van der Waals surface area contributed by atoms with Gasteiger partial charge in [0.1, 0.15) is 5.82 Å². The highest BCUT2D eigenvalue weighted by Gasteiger charge is 2.24. The number of carboxylic acids is 1. The zero-order chi connectivity index (χ0) is 14.3. The van der Waals surface area contributed by atoms with Crippen molar-refractivity contribution in [1.29, 1.82) is 0 Å². The third-order valence-electron chi connectivity index (χ3n) is 4.17. The largest absolute Gasteiger partial charge is 0.478 e. The Morgan fingerprint density at radius 2 is 2.05 bits per heavy atom. The highest BCUT2D eigenvalue weighted by atomic mass is 16.4. The van der Waals surface area contributed by atoms with Crippen molar-refractivity contribution in [2.45, 2.75) is 51.5 Å². The van der Waals surface area contributed by atoms with Gasteiger partial charge < -0.3 is 9.67 Å². The van der Waals surface area contributed by atoms with Gasteiger partial charge in [-0.05, 0) is 31.0 Å². The van der Waals surface area contributed by atoms with Gasteiger partial charge in [0.2, 0.25) is 0 Å². The van der Waals surface area contributed by atoms with Gasteiger partial charge in [-0.3, -0.25) is 0 Å². The van der Waals surface area contributed by atoms with E-state index in [1.807, 2.05) is 6.07 Å². The molecule has 106 valence electrons. The lowest BCUT2D eigenvalue weighted by Gasteiger charge is -2.18. The summed E-state index contributed by atoms with van der Waals surface area (Å²) in [5.74, 6) is 0.544. The van der Waals surface area contributed by atoms with Crippen LogP contribution in [0.1, 0.15) is 67.7 Å². The van der Waals surface area contributed by atoms with E-state index in [4.69, 9.17) is 4.98 Å². The Hall–Kier alpha value is -1.84. The van der Waals surface area contributed by atoms with E-state index in [0.29, 0.717) is 17.5 Å².